The number of nitrogens with one attached hydrogen (secondary N) is 1. The van der Waals surface area contributed by atoms with Gasteiger partial charge in [0.1, 0.15) is 11.3 Å². The first-order chi connectivity index (χ1) is 12.0. The van der Waals surface area contributed by atoms with Gasteiger partial charge in [-0.3, -0.25) is 9.89 Å². The number of carboxylic acid groups (broad SMARTS) is 1. The van der Waals surface area contributed by atoms with Crippen LogP contribution in [0.15, 0.2) is 36.4 Å². The number of benzene rings is 2. The Labute approximate surface area is 143 Å². The molecule has 0 amide bonds. The van der Waals surface area contributed by atoms with E-state index in [-0.39, 0.29) is 17.1 Å². The van der Waals surface area contributed by atoms with Crippen molar-refractivity contribution in [2.75, 3.05) is 7.11 Å². The third-order valence-electron chi connectivity index (χ3n) is 3.90. The van der Waals surface area contributed by atoms with Crippen LogP contribution in [0.5, 0.6) is 5.75 Å². The Hall–Kier alpha value is -3.41. The Morgan fingerprint density at radius 2 is 1.84 bits per heavy atom. The summed E-state index contributed by atoms with van der Waals surface area (Å²) in [6, 6.07) is 10.3. The number of aromatic nitrogens is 2. The summed E-state index contributed by atoms with van der Waals surface area (Å²) in [6.45, 7) is 1.52. The molecule has 0 unspecified atom stereocenters. The maximum Gasteiger partial charge on any atom is 0.339 e. The van der Waals surface area contributed by atoms with Gasteiger partial charge in [-0.2, -0.15) is 5.10 Å². The molecule has 0 aliphatic heterocycles. The van der Waals surface area contributed by atoms with Crippen molar-refractivity contribution >= 4 is 34.8 Å². The number of carbonyl (C=O) groups is 2. The van der Waals surface area contributed by atoms with E-state index in [1.165, 1.54) is 20.1 Å². The molecule has 6 nitrogen and oxygen atoms in total. The predicted molar refractivity (Wildman–Crippen MR) is 95.0 cm³/mol. The molecule has 3 aromatic rings. The van der Waals surface area contributed by atoms with Crippen molar-refractivity contribution in [1.29, 1.82) is 0 Å². The number of ketones is 1. The fourth-order valence-corrected chi connectivity index (χ4v) is 2.61. The number of nitrogens with zero attached hydrogens (tertiary/aromatic N) is 1. The molecule has 2 N–H and O–H groups in total. The largest absolute Gasteiger partial charge is 0.495 e. The fourth-order valence-electron chi connectivity index (χ4n) is 2.61. The standard InChI is InChI=1S/C19H16N2O4/c1-11(22)13-6-3-12(4-7-13)5-9-15-17-16(21-20-15)10-8-14(19(23)24)18(17)25-2/h3-10H,1-2H3,(H,20,21)(H,23,24). The minimum absolute atomic E-state index is 0.0137. The number of carbonyl (C=O) groups excluding carboxylic acids is 1. The highest BCUT2D eigenvalue weighted by Gasteiger charge is 2.17. The van der Waals surface area contributed by atoms with Gasteiger partial charge in [0.25, 0.3) is 0 Å². The molecule has 1 aromatic heterocycles. The number of Topliss-reactive ketones (excluding diaryl/α,β-unsaturated/α-hetero) is 1. The van der Waals surface area contributed by atoms with Crippen molar-refractivity contribution in [3.05, 3.63) is 58.8 Å². The summed E-state index contributed by atoms with van der Waals surface area (Å²) < 4.78 is 5.30. The van der Waals surface area contributed by atoms with Gasteiger partial charge in [-0.1, -0.05) is 30.3 Å². The van der Waals surface area contributed by atoms with E-state index in [0.717, 1.165) is 5.56 Å². The Morgan fingerprint density at radius 3 is 2.44 bits per heavy atom. The molecule has 0 fully saturated rings. The monoisotopic (exact) mass is 336 g/mol. The quantitative estimate of drug-likeness (QED) is 0.694. The van der Waals surface area contributed by atoms with Crippen LogP contribution < -0.4 is 4.74 Å². The van der Waals surface area contributed by atoms with Crippen LogP contribution in [-0.4, -0.2) is 34.2 Å². The Kier molecular flexibility index (Phi) is 4.35. The molecule has 6 heteroatoms. The number of aromatic carboxylic acids is 1. The van der Waals surface area contributed by atoms with Crippen LogP contribution in [0, 0.1) is 0 Å². The van der Waals surface area contributed by atoms with E-state index in [1.54, 1.807) is 24.3 Å². The van der Waals surface area contributed by atoms with E-state index in [0.29, 0.717) is 22.2 Å². The number of H-pyrrole nitrogens is 1. The lowest BCUT2D eigenvalue weighted by molar-refractivity contribution is 0.0693. The average Bonchev–Trinajstić information content (AvgIpc) is 3.02. The van der Waals surface area contributed by atoms with Crippen LogP contribution in [0.2, 0.25) is 0 Å². The van der Waals surface area contributed by atoms with Crippen molar-refractivity contribution < 1.29 is 19.4 Å². The van der Waals surface area contributed by atoms with Gasteiger partial charge in [0, 0.05) is 5.56 Å². The van der Waals surface area contributed by atoms with E-state index < -0.39 is 5.97 Å². The van der Waals surface area contributed by atoms with Crippen molar-refractivity contribution in [1.82, 2.24) is 10.2 Å². The molecule has 0 saturated carbocycles. The van der Waals surface area contributed by atoms with Crippen molar-refractivity contribution in [3.63, 3.8) is 0 Å². The maximum atomic E-state index is 11.4. The molecule has 1 heterocycles. The highest BCUT2D eigenvalue weighted by molar-refractivity contribution is 6.03. The lowest BCUT2D eigenvalue weighted by atomic mass is 10.1. The number of rotatable bonds is 5. The highest BCUT2D eigenvalue weighted by atomic mass is 16.5. The van der Waals surface area contributed by atoms with Crippen LogP contribution in [0.1, 0.15) is 38.9 Å². The van der Waals surface area contributed by atoms with Gasteiger partial charge in [-0.25, -0.2) is 4.79 Å². The maximum absolute atomic E-state index is 11.4. The van der Waals surface area contributed by atoms with Gasteiger partial charge >= 0.3 is 5.97 Å². The number of hydrogen-bond acceptors (Lipinski definition) is 4. The van der Waals surface area contributed by atoms with Gasteiger partial charge in [0.05, 0.1) is 23.7 Å². The van der Waals surface area contributed by atoms with Crippen molar-refractivity contribution in [3.8, 4) is 5.75 Å². The molecule has 2 aromatic carbocycles. The van der Waals surface area contributed by atoms with Crippen LogP contribution in [0.4, 0.5) is 0 Å². The second kappa shape index (κ2) is 6.60. The third-order valence-corrected chi connectivity index (χ3v) is 3.90. The number of hydrogen-bond donors (Lipinski definition) is 2. The smallest absolute Gasteiger partial charge is 0.339 e. The van der Waals surface area contributed by atoms with Crippen molar-refractivity contribution in [2.45, 2.75) is 6.92 Å². The van der Waals surface area contributed by atoms with Gasteiger partial charge in [0.2, 0.25) is 0 Å². The molecule has 0 aliphatic rings. The van der Waals surface area contributed by atoms with E-state index in [9.17, 15) is 14.7 Å². The molecule has 0 saturated heterocycles. The fraction of sp³-hybridized carbons (Fsp3) is 0.105. The summed E-state index contributed by atoms with van der Waals surface area (Å²) in [5.41, 5.74) is 2.89. The number of carboxylic acids is 1. The molecule has 0 bridgehead atoms. The minimum atomic E-state index is -1.06. The number of aromatic amines is 1. The minimum Gasteiger partial charge on any atom is -0.495 e. The molecule has 0 atom stereocenters. The molecule has 0 spiro atoms. The van der Waals surface area contributed by atoms with Gasteiger partial charge in [-0.15, -0.1) is 0 Å². The van der Waals surface area contributed by atoms with E-state index >= 15 is 0 Å². The second-order valence-corrected chi connectivity index (χ2v) is 5.49. The summed E-state index contributed by atoms with van der Waals surface area (Å²) in [5, 5.41) is 17.0. The Morgan fingerprint density at radius 1 is 1.12 bits per heavy atom. The molecule has 25 heavy (non-hydrogen) atoms. The third kappa shape index (κ3) is 3.14. The Bertz CT molecular complexity index is 985. The van der Waals surface area contributed by atoms with Crippen LogP contribution in [0.25, 0.3) is 23.1 Å². The van der Waals surface area contributed by atoms with Gasteiger partial charge < -0.3 is 9.84 Å². The average molecular weight is 336 g/mol. The summed E-state index contributed by atoms with van der Waals surface area (Å²) >= 11 is 0. The molecule has 3 rings (SSSR count). The first kappa shape index (κ1) is 16.4. The lowest BCUT2D eigenvalue weighted by Gasteiger charge is -2.06. The predicted octanol–water partition coefficient (Wildman–Crippen LogP) is 3.64. The number of methoxy groups -OCH3 is 1. The molecule has 126 valence electrons. The lowest BCUT2D eigenvalue weighted by Crippen LogP contribution is -2.00. The highest BCUT2D eigenvalue weighted by Crippen LogP contribution is 2.32. The van der Waals surface area contributed by atoms with Gasteiger partial charge in [-0.05, 0) is 30.7 Å². The van der Waals surface area contributed by atoms with E-state index in [4.69, 9.17) is 4.74 Å². The zero-order valence-corrected chi connectivity index (χ0v) is 13.7. The summed E-state index contributed by atoms with van der Waals surface area (Å²) in [5.74, 6) is -0.778. The first-order valence-electron chi connectivity index (χ1n) is 7.58. The van der Waals surface area contributed by atoms with Crippen LogP contribution in [0.3, 0.4) is 0 Å². The molecule has 0 radical (unpaired) electrons. The van der Waals surface area contributed by atoms with Gasteiger partial charge in [0.15, 0.2) is 5.78 Å². The normalized spacial score (nSPS) is 11.1. The Balaban J connectivity index is 2.02. The van der Waals surface area contributed by atoms with Crippen LogP contribution >= 0.6 is 0 Å². The summed E-state index contributed by atoms with van der Waals surface area (Å²) in [6.07, 6.45) is 3.61. The summed E-state index contributed by atoms with van der Waals surface area (Å²) in [4.78, 5) is 22.7. The number of fused-ring (bicyclic) bond motifs is 1. The summed E-state index contributed by atoms with van der Waals surface area (Å²) in [7, 11) is 1.43. The van der Waals surface area contributed by atoms with Crippen molar-refractivity contribution in [2.24, 2.45) is 0 Å². The van der Waals surface area contributed by atoms with Crippen LogP contribution in [-0.2, 0) is 0 Å². The number of ether oxygens (including phenoxy) is 1. The first-order valence-corrected chi connectivity index (χ1v) is 7.58. The SMILES string of the molecule is COc1c(C(=O)O)ccc2[nH]nc(C=Cc3ccc(C(C)=O)cc3)c12. The molecule has 0 aliphatic carbocycles. The van der Waals surface area contributed by atoms with E-state index in [2.05, 4.69) is 10.2 Å². The van der Waals surface area contributed by atoms with E-state index in [1.807, 2.05) is 18.2 Å². The molecular formula is C19H16N2O4. The zero-order chi connectivity index (χ0) is 18.0. The topological polar surface area (TPSA) is 92.3 Å². The molecular weight excluding hydrogens is 320 g/mol. The second-order valence-electron chi connectivity index (χ2n) is 5.49. The zero-order valence-electron chi connectivity index (χ0n) is 13.7.